The summed E-state index contributed by atoms with van der Waals surface area (Å²) in [6.45, 7) is 1.81. The van der Waals surface area contributed by atoms with Crippen LogP contribution >= 0.6 is 15.9 Å². The van der Waals surface area contributed by atoms with Crippen LogP contribution in [0.5, 0.6) is 0 Å². The predicted molar refractivity (Wildman–Crippen MR) is 112 cm³/mol. The number of aryl methyl sites for hydroxylation is 1. The van der Waals surface area contributed by atoms with E-state index in [1.54, 1.807) is 24.3 Å². The van der Waals surface area contributed by atoms with E-state index < -0.39 is 21.5 Å². The fourth-order valence-electron chi connectivity index (χ4n) is 3.12. The van der Waals surface area contributed by atoms with Crippen molar-refractivity contribution in [2.45, 2.75) is 31.6 Å². The second-order valence-corrected chi connectivity index (χ2v) is 9.89. The number of hydrogen-bond acceptors (Lipinski definition) is 4. The molecular weight excluding hydrogens is 444 g/mol. The van der Waals surface area contributed by atoms with Gasteiger partial charge in [0.1, 0.15) is 5.75 Å². The molecule has 6 nitrogen and oxygen atoms in total. The van der Waals surface area contributed by atoms with Gasteiger partial charge in [0.15, 0.2) is 9.84 Å². The molecule has 2 amide bonds. The second kappa shape index (κ2) is 8.45. The molecule has 1 atom stereocenters. The number of rotatable bonds is 6. The molecule has 0 radical (unpaired) electrons. The van der Waals surface area contributed by atoms with E-state index in [1.807, 2.05) is 25.1 Å². The molecule has 1 heterocycles. The maximum absolute atomic E-state index is 12.3. The lowest BCUT2D eigenvalue weighted by molar-refractivity contribution is -0.119. The number of sulfone groups is 1. The van der Waals surface area contributed by atoms with Gasteiger partial charge in [0.2, 0.25) is 11.8 Å². The minimum atomic E-state index is -3.57. The highest BCUT2D eigenvalue weighted by Gasteiger charge is 2.21. The van der Waals surface area contributed by atoms with Crippen molar-refractivity contribution < 1.29 is 18.0 Å². The lowest BCUT2D eigenvalue weighted by Crippen LogP contribution is -2.33. The summed E-state index contributed by atoms with van der Waals surface area (Å²) in [6, 6.07) is 12.2. The minimum Gasteiger partial charge on any atom is -0.349 e. The molecule has 8 heteroatoms. The van der Waals surface area contributed by atoms with Gasteiger partial charge >= 0.3 is 0 Å². The van der Waals surface area contributed by atoms with Crippen molar-refractivity contribution in [3.8, 4) is 0 Å². The van der Waals surface area contributed by atoms with Gasteiger partial charge in [0.25, 0.3) is 0 Å². The van der Waals surface area contributed by atoms with Crippen molar-refractivity contribution in [3.05, 3.63) is 63.6 Å². The number of nitrogens with one attached hydrogen (secondary N) is 2. The highest BCUT2D eigenvalue weighted by Crippen LogP contribution is 2.26. The second-order valence-electron chi connectivity index (χ2n) is 6.91. The third-order valence-electron chi connectivity index (χ3n) is 4.55. The number of carbonyl (C=O) groups excluding carboxylic acids is 2. The Bertz CT molecular complexity index is 1000. The summed E-state index contributed by atoms with van der Waals surface area (Å²) in [5.74, 6) is -1.28. The summed E-state index contributed by atoms with van der Waals surface area (Å²) in [5, 5.41) is 5.57. The number of halogens is 1. The minimum absolute atomic E-state index is 0.00224. The first kappa shape index (κ1) is 20.5. The standard InChI is InChI=1S/C20H21BrN2O4S/c1-13(15-4-8-18-16(10-15)5-9-19(24)23-18)22-20(25)12-28(26,27)11-14-2-6-17(21)7-3-14/h2-4,6-8,10,13H,5,9,11-12H2,1H3,(H,22,25)(H,23,24). The molecule has 1 unspecified atom stereocenters. The third kappa shape index (κ3) is 5.42. The number of anilines is 1. The Morgan fingerprint density at radius 3 is 2.61 bits per heavy atom. The normalized spacial score (nSPS) is 14.7. The number of carbonyl (C=O) groups is 2. The number of hydrogen-bond donors (Lipinski definition) is 2. The Morgan fingerprint density at radius 2 is 1.89 bits per heavy atom. The van der Waals surface area contributed by atoms with E-state index in [9.17, 15) is 18.0 Å². The van der Waals surface area contributed by atoms with E-state index in [0.29, 0.717) is 18.4 Å². The van der Waals surface area contributed by atoms with Crippen molar-refractivity contribution >= 4 is 43.3 Å². The van der Waals surface area contributed by atoms with Crippen LogP contribution in [-0.2, 0) is 31.6 Å². The summed E-state index contributed by atoms with van der Waals surface area (Å²) in [6.07, 6.45) is 1.09. The molecule has 28 heavy (non-hydrogen) atoms. The zero-order chi connectivity index (χ0) is 20.3. The van der Waals surface area contributed by atoms with Crippen LogP contribution in [0.4, 0.5) is 5.69 Å². The zero-order valence-electron chi connectivity index (χ0n) is 15.4. The molecule has 1 aliphatic rings. The molecule has 2 aromatic rings. The van der Waals surface area contributed by atoms with Crippen LogP contribution in [-0.4, -0.2) is 26.0 Å². The van der Waals surface area contributed by atoms with E-state index in [2.05, 4.69) is 26.6 Å². The van der Waals surface area contributed by atoms with Crippen molar-refractivity contribution in [1.29, 1.82) is 0 Å². The van der Waals surface area contributed by atoms with E-state index in [0.717, 1.165) is 21.3 Å². The Balaban J connectivity index is 1.61. The van der Waals surface area contributed by atoms with Gasteiger partial charge in [-0.15, -0.1) is 0 Å². The smallest absolute Gasteiger partial charge is 0.235 e. The molecule has 0 saturated carbocycles. The fraction of sp³-hybridized carbons (Fsp3) is 0.300. The van der Waals surface area contributed by atoms with Gasteiger partial charge in [-0.2, -0.15) is 0 Å². The monoisotopic (exact) mass is 464 g/mol. The fourth-order valence-corrected chi connectivity index (χ4v) is 4.67. The Labute approximate surface area is 172 Å². The van der Waals surface area contributed by atoms with Crippen LogP contribution < -0.4 is 10.6 Å². The van der Waals surface area contributed by atoms with Gasteiger partial charge in [-0.1, -0.05) is 40.2 Å². The van der Waals surface area contributed by atoms with Crippen molar-refractivity contribution in [2.75, 3.05) is 11.1 Å². The van der Waals surface area contributed by atoms with E-state index in [4.69, 9.17) is 0 Å². The van der Waals surface area contributed by atoms with Crippen molar-refractivity contribution in [2.24, 2.45) is 0 Å². The van der Waals surface area contributed by atoms with Gasteiger partial charge < -0.3 is 10.6 Å². The highest BCUT2D eigenvalue weighted by molar-refractivity contribution is 9.10. The summed E-state index contributed by atoms with van der Waals surface area (Å²) < 4.78 is 25.5. The molecule has 0 saturated heterocycles. The highest BCUT2D eigenvalue weighted by atomic mass is 79.9. The summed E-state index contributed by atoms with van der Waals surface area (Å²) in [4.78, 5) is 23.7. The molecule has 148 valence electrons. The molecule has 0 aliphatic carbocycles. The van der Waals surface area contributed by atoms with Gasteiger partial charge in [0, 0.05) is 16.6 Å². The molecule has 0 spiro atoms. The Hall–Kier alpha value is -2.19. The van der Waals surface area contributed by atoms with E-state index >= 15 is 0 Å². The SMILES string of the molecule is CC(NC(=O)CS(=O)(=O)Cc1ccc(Br)cc1)c1ccc2c(c1)CCC(=O)N2. The van der Waals surface area contributed by atoms with Crippen molar-refractivity contribution in [3.63, 3.8) is 0 Å². The molecule has 0 bridgehead atoms. The topological polar surface area (TPSA) is 92.3 Å². The first-order valence-electron chi connectivity index (χ1n) is 8.89. The molecule has 0 fully saturated rings. The quantitative estimate of drug-likeness (QED) is 0.686. The summed E-state index contributed by atoms with van der Waals surface area (Å²) in [7, 11) is -3.57. The van der Waals surface area contributed by atoms with Gasteiger partial charge in [-0.05, 0) is 48.2 Å². The lowest BCUT2D eigenvalue weighted by Gasteiger charge is -2.20. The number of benzene rings is 2. The maximum Gasteiger partial charge on any atom is 0.235 e. The summed E-state index contributed by atoms with van der Waals surface area (Å²) in [5.41, 5.74) is 3.31. The van der Waals surface area contributed by atoms with E-state index in [-0.39, 0.29) is 17.7 Å². The summed E-state index contributed by atoms with van der Waals surface area (Å²) >= 11 is 3.31. The van der Waals surface area contributed by atoms with Gasteiger partial charge in [-0.3, -0.25) is 9.59 Å². The molecule has 0 aromatic heterocycles. The Kier molecular flexibility index (Phi) is 6.20. The number of amides is 2. The molecule has 2 aromatic carbocycles. The van der Waals surface area contributed by atoms with Crippen LogP contribution in [0.1, 0.15) is 36.1 Å². The van der Waals surface area contributed by atoms with Crippen molar-refractivity contribution in [1.82, 2.24) is 5.32 Å². The molecular formula is C20H21BrN2O4S. The average molecular weight is 465 g/mol. The predicted octanol–water partition coefficient (Wildman–Crippen LogP) is 3.13. The van der Waals surface area contributed by atoms with Crippen LogP contribution in [0.2, 0.25) is 0 Å². The molecule has 1 aliphatic heterocycles. The Morgan fingerprint density at radius 1 is 1.18 bits per heavy atom. The van der Waals surface area contributed by atoms with Gasteiger partial charge in [0.05, 0.1) is 11.8 Å². The van der Waals surface area contributed by atoms with Crippen LogP contribution in [0.25, 0.3) is 0 Å². The average Bonchev–Trinajstić information content (AvgIpc) is 2.62. The first-order valence-corrected chi connectivity index (χ1v) is 11.5. The molecule has 2 N–H and O–H groups in total. The van der Waals surface area contributed by atoms with Crippen LogP contribution in [0, 0.1) is 0 Å². The largest absolute Gasteiger partial charge is 0.349 e. The lowest BCUT2D eigenvalue weighted by atomic mass is 9.98. The third-order valence-corrected chi connectivity index (χ3v) is 6.56. The first-order chi connectivity index (χ1) is 13.2. The van der Waals surface area contributed by atoms with Crippen LogP contribution in [0.15, 0.2) is 46.9 Å². The van der Waals surface area contributed by atoms with Gasteiger partial charge in [-0.25, -0.2) is 8.42 Å². The maximum atomic E-state index is 12.3. The molecule has 3 rings (SSSR count). The number of fused-ring (bicyclic) bond motifs is 1. The van der Waals surface area contributed by atoms with E-state index in [1.165, 1.54) is 0 Å². The zero-order valence-corrected chi connectivity index (χ0v) is 17.8. The van der Waals surface area contributed by atoms with Crippen LogP contribution in [0.3, 0.4) is 0 Å².